The zero-order chi connectivity index (χ0) is 13.2. The van der Waals surface area contributed by atoms with Crippen LogP contribution in [-0.4, -0.2) is 26.2 Å². The van der Waals surface area contributed by atoms with Gasteiger partial charge in [-0.15, -0.1) is 0 Å². The van der Waals surface area contributed by atoms with Gasteiger partial charge in [0.15, 0.2) is 0 Å². The minimum absolute atomic E-state index is 0.442. The summed E-state index contributed by atoms with van der Waals surface area (Å²) in [6.07, 6.45) is -1.96. The van der Waals surface area contributed by atoms with E-state index >= 15 is 0 Å². The largest absolute Gasteiger partial charge is 0.416 e. The summed E-state index contributed by atoms with van der Waals surface area (Å²) in [4.78, 5) is 1.99. The fourth-order valence-corrected chi connectivity index (χ4v) is 2.25. The predicted octanol–water partition coefficient (Wildman–Crippen LogP) is 2.89. The highest BCUT2D eigenvalue weighted by Crippen LogP contribution is 2.30. The Morgan fingerprint density at radius 3 is 2.44 bits per heavy atom. The van der Waals surface area contributed by atoms with Gasteiger partial charge in [-0.3, -0.25) is 0 Å². The first-order valence-corrected chi connectivity index (χ1v) is 6.08. The smallest absolute Gasteiger partial charge is 0.373 e. The molecule has 1 aromatic rings. The molecule has 5 heteroatoms. The fraction of sp³-hybridized carbons (Fsp3) is 0.538. The molecular formula is C13H17F3N2. The minimum atomic E-state index is -4.26. The predicted molar refractivity (Wildman–Crippen MR) is 65.7 cm³/mol. The Morgan fingerprint density at radius 1 is 1.28 bits per heavy atom. The lowest BCUT2D eigenvalue weighted by atomic mass is 10.1. The molecule has 1 heterocycles. The Labute approximate surface area is 105 Å². The summed E-state index contributed by atoms with van der Waals surface area (Å²) in [7, 11) is 1.91. The standard InChI is InChI=1S/C13H17F3N2/c1-18(9-11-3-2-8-17-11)12-6-4-10(5-7-12)13(14,15)16/h4-7,11,17H,2-3,8-9H2,1H3/t11-/m0/s1. The molecule has 0 unspecified atom stereocenters. The van der Waals surface area contributed by atoms with Gasteiger partial charge in [-0.05, 0) is 43.7 Å². The van der Waals surface area contributed by atoms with Crippen LogP contribution in [-0.2, 0) is 6.18 Å². The van der Waals surface area contributed by atoms with Gasteiger partial charge in [0, 0.05) is 25.3 Å². The highest BCUT2D eigenvalue weighted by atomic mass is 19.4. The molecule has 1 atom stereocenters. The third-order valence-electron chi connectivity index (χ3n) is 3.29. The van der Waals surface area contributed by atoms with Crippen molar-refractivity contribution in [2.24, 2.45) is 0 Å². The Hall–Kier alpha value is -1.23. The van der Waals surface area contributed by atoms with E-state index in [9.17, 15) is 13.2 Å². The SMILES string of the molecule is CN(C[C@@H]1CCCN1)c1ccc(C(F)(F)F)cc1. The molecule has 0 bridgehead atoms. The summed E-state index contributed by atoms with van der Waals surface area (Å²) in [6, 6.07) is 5.76. The maximum atomic E-state index is 12.4. The van der Waals surface area contributed by atoms with Crippen molar-refractivity contribution in [2.75, 3.05) is 25.0 Å². The molecule has 1 aliphatic rings. The number of halogens is 3. The van der Waals surface area contributed by atoms with E-state index in [1.54, 1.807) is 0 Å². The Kier molecular flexibility index (Phi) is 3.80. The quantitative estimate of drug-likeness (QED) is 0.896. The van der Waals surface area contributed by atoms with E-state index in [0.717, 1.165) is 37.3 Å². The lowest BCUT2D eigenvalue weighted by Crippen LogP contribution is -2.35. The minimum Gasteiger partial charge on any atom is -0.373 e. The van der Waals surface area contributed by atoms with Gasteiger partial charge in [0.1, 0.15) is 0 Å². The Balaban J connectivity index is 2.00. The van der Waals surface area contributed by atoms with Gasteiger partial charge in [0.25, 0.3) is 0 Å². The molecule has 1 aliphatic heterocycles. The van der Waals surface area contributed by atoms with Gasteiger partial charge in [-0.25, -0.2) is 0 Å². The van der Waals surface area contributed by atoms with Crippen LogP contribution in [0.5, 0.6) is 0 Å². The van der Waals surface area contributed by atoms with Crippen LogP contribution in [0.1, 0.15) is 18.4 Å². The van der Waals surface area contributed by atoms with Crippen LogP contribution in [0.3, 0.4) is 0 Å². The summed E-state index contributed by atoms with van der Waals surface area (Å²) in [5.74, 6) is 0. The van der Waals surface area contributed by atoms with Crippen LogP contribution in [0.15, 0.2) is 24.3 Å². The first kappa shape index (κ1) is 13.2. The van der Waals surface area contributed by atoms with Crippen molar-refractivity contribution < 1.29 is 13.2 Å². The zero-order valence-corrected chi connectivity index (χ0v) is 10.3. The molecule has 1 aromatic carbocycles. The van der Waals surface area contributed by atoms with Crippen molar-refractivity contribution in [1.29, 1.82) is 0 Å². The van der Waals surface area contributed by atoms with Crippen molar-refractivity contribution in [2.45, 2.75) is 25.1 Å². The van der Waals surface area contributed by atoms with Crippen LogP contribution in [0.4, 0.5) is 18.9 Å². The summed E-state index contributed by atoms with van der Waals surface area (Å²) < 4.78 is 37.3. The highest BCUT2D eigenvalue weighted by molar-refractivity contribution is 5.47. The normalized spacial score (nSPS) is 20.1. The molecule has 0 saturated carbocycles. The van der Waals surface area contributed by atoms with Crippen LogP contribution in [0.2, 0.25) is 0 Å². The van der Waals surface area contributed by atoms with Gasteiger partial charge in [-0.1, -0.05) is 0 Å². The molecule has 1 fully saturated rings. The van der Waals surface area contributed by atoms with Crippen molar-refractivity contribution in [3.05, 3.63) is 29.8 Å². The second-order valence-corrected chi connectivity index (χ2v) is 4.72. The Morgan fingerprint density at radius 2 is 1.94 bits per heavy atom. The number of hydrogen-bond donors (Lipinski definition) is 1. The molecule has 1 N–H and O–H groups in total. The van der Waals surface area contributed by atoms with Gasteiger partial charge >= 0.3 is 6.18 Å². The van der Waals surface area contributed by atoms with Crippen LogP contribution in [0, 0.1) is 0 Å². The second kappa shape index (κ2) is 5.18. The molecule has 0 aliphatic carbocycles. The Bertz CT molecular complexity index is 380. The number of likely N-dealkylation sites (N-methyl/N-ethyl adjacent to an activating group) is 1. The lowest BCUT2D eigenvalue weighted by Gasteiger charge is -2.23. The van der Waals surface area contributed by atoms with E-state index in [1.807, 2.05) is 11.9 Å². The van der Waals surface area contributed by atoms with E-state index in [1.165, 1.54) is 18.6 Å². The fourth-order valence-electron chi connectivity index (χ4n) is 2.25. The van der Waals surface area contributed by atoms with E-state index in [4.69, 9.17) is 0 Å². The molecule has 0 aromatic heterocycles. The van der Waals surface area contributed by atoms with E-state index in [2.05, 4.69) is 5.32 Å². The second-order valence-electron chi connectivity index (χ2n) is 4.72. The van der Waals surface area contributed by atoms with Crippen molar-refractivity contribution >= 4 is 5.69 Å². The van der Waals surface area contributed by atoms with E-state index in [0.29, 0.717) is 6.04 Å². The molecule has 18 heavy (non-hydrogen) atoms. The van der Waals surface area contributed by atoms with Crippen LogP contribution in [0.25, 0.3) is 0 Å². The van der Waals surface area contributed by atoms with Gasteiger partial charge < -0.3 is 10.2 Å². The molecule has 1 saturated heterocycles. The maximum absolute atomic E-state index is 12.4. The summed E-state index contributed by atoms with van der Waals surface area (Å²) in [5, 5.41) is 3.37. The van der Waals surface area contributed by atoms with Crippen molar-refractivity contribution in [1.82, 2.24) is 5.32 Å². The number of benzene rings is 1. The van der Waals surface area contributed by atoms with Crippen LogP contribution >= 0.6 is 0 Å². The summed E-state index contributed by atoms with van der Waals surface area (Å²) in [5.41, 5.74) is 0.218. The summed E-state index contributed by atoms with van der Waals surface area (Å²) >= 11 is 0. The number of hydrogen-bond acceptors (Lipinski definition) is 2. The third-order valence-corrected chi connectivity index (χ3v) is 3.29. The molecular weight excluding hydrogens is 241 g/mol. The molecule has 0 radical (unpaired) electrons. The molecule has 0 spiro atoms. The molecule has 0 amide bonds. The third kappa shape index (κ3) is 3.16. The maximum Gasteiger partial charge on any atom is 0.416 e. The van der Waals surface area contributed by atoms with Gasteiger partial charge in [-0.2, -0.15) is 13.2 Å². The number of alkyl halides is 3. The van der Waals surface area contributed by atoms with Gasteiger partial charge in [0.2, 0.25) is 0 Å². The number of rotatable bonds is 3. The molecule has 100 valence electrons. The molecule has 2 rings (SSSR count). The number of anilines is 1. The van der Waals surface area contributed by atoms with Crippen molar-refractivity contribution in [3.8, 4) is 0 Å². The lowest BCUT2D eigenvalue weighted by molar-refractivity contribution is -0.137. The number of nitrogens with one attached hydrogen (secondary N) is 1. The summed E-state index contributed by atoms with van der Waals surface area (Å²) in [6.45, 7) is 1.86. The zero-order valence-electron chi connectivity index (χ0n) is 10.3. The first-order chi connectivity index (χ1) is 8.47. The monoisotopic (exact) mass is 258 g/mol. The topological polar surface area (TPSA) is 15.3 Å². The highest BCUT2D eigenvalue weighted by Gasteiger charge is 2.30. The average Bonchev–Trinajstić information content (AvgIpc) is 2.81. The number of nitrogens with zero attached hydrogens (tertiary/aromatic N) is 1. The average molecular weight is 258 g/mol. The van der Waals surface area contributed by atoms with E-state index < -0.39 is 11.7 Å². The van der Waals surface area contributed by atoms with Crippen LogP contribution < -0.4 is 10.2 Å². The molecule has 2 nitrogen and oxygen atoms in total. The van der Waals surface area contributed by atoms with Crippen molar-refractivity contribution in [3.63, 3.8) is 0 Å². The van der Waals surface area contributed by atoms with Gasteiger partial charge in [0.05, 0.1) is 5.56 Å². The first-order valence-electron chi connectivity index (χ1n) is 6.08. The van der Waals surface area contributed by atoms with E-state index in [-0.39, 0.29) is 0 Å².